The maximum absolute atomic E-state index is 12.7. The largest absolute Gasteiger partial charge is 0.399 e. The minimum Gasteiger partial charge on any atom is -0.399 e. The number of hydrogen-bond acceptors (Lipinski definition) is 3. The molecule has 0 heterocycles. The third kappa shape index (κ3) is 4.15. The van der Waals surface area contributed by atoms with E-state index in [1.165, 1.54) is 23.9 Å². The van der Waals surface area contributed by atoms with E-state index in [0.29, 0.717) is 16.4 Å². The van der Waals surface area contributed by atoms with Crippen molar-refractivity contribution in [1.29, 1.82) is 0 Å². The molecule has 2 aromatic carbocycles. The first-order chi connectivity index (χ1) is 9.54. The van der Waals surface area contributed by atoms with Crippen molar-refractivity contribution in [3.63, 3.8) is 0 Å². The van der Waals surface area contributed by atoms with E-state index in [4.69, 9.17) is 17.3 Å². The summed E-state index contributed by atoms with van der Waals surface area (Å²) in [6, 6.07) is 10.8. The normalized spacial score (nSPS) is 10.3. The van der Waals surface area contributed by atoms with Gasteiger partial charge in [-0.2, -0.15) is 0 Å². The summed E-state index contributed by atoms with van der Waals surface area (Å²) in [5.74, 6) is -0.298. The number of nitrogens with one attached hydrogen (secondary N) is 1. The summed E-state index contributed by atoms with van der Waals surface area (Å²) in [6.45, 7) is 0. The smallest absolute Gasteiger partial charge is 0.234 e. The predicted octanol–water partition coefficient (Wildman–Crippen LogP) is 3.79. The molecule has 2 rings (SSSR count). The molecule has 3 N–H and O–H groups in total. The Morgan fingerprint density at radius 1 is 1.25 bits per heavy atom. The van der Waals surface area contributed by atoms with Crippen molar-refractivity contribution in [3.05, 3.63) is 53.3 Å². The number of nitrogen functional groups attached to an aromatic ring is 1. The molecule has 0 aromatic heterocycles. The van der Waals surface area contributed by atoms with Gasteiger partial charge in [0.15, 0.2) is 0 Å². The molecular weight excluding hydrogens is 299 g/mol. The zero-order chi connectivity index (χ0) is 14.5. The van der Waals surface area contributed by atoms with Gasteiger partial charge in [0, 0.05) is 10.6 Å². The van der Waals surface area contributed by atoms with Crippen molar-refractivity contribution < 1.29 is 9.18 Å². The summed E-state index contributed by atoms with van der Waals surface area (Å²) in [7, 11) is 0. The molecule has 104 valence electrons. The Morgan fingerprint density at radius 2 is 1.95 bits per heavy atom. The van der Waals surface area contributed by atoms with Crippen LogP contribution in [0.3, 0.4) is 0 Å². The summed E-state index contributed by atoms with van der Waals surface area (Å²) in [6.07, 6.45) is 0. The van der Waals surface area contributed by atoms with Crippen LogP contribution < -0.4 is 11.1 Å². The fourth-order valence-corrected chi connectivity index (χ4v) is 2.37. The molecule has 3 nitrogen and oxygen atoms in total. The van der Waals surface area contributed by atoms with Crippen LogP contribution in [0.2, 0.25) is 5.02 Å². The highest BCUT2D eigenvalue weighted by Gasteiger charge is 2.07. The van der Waals surface area contributed by atoms with Gasteiger partial charge in [0.1, 0.15) is 5.82 Å². The summed E-state index contributed by atoms with van der Waals surface area (Å²) in [4.78, 5) is 12.6. The van der Waals surface area contributed by atoms with Crippen molar-refractivity contribution in [2.45, 2.75) is 4.90 Å². The summed E-state index contributed by atoms with van der Waals surface area (Å²) in [5.41, 5.74) is 6.64. The molecular formula is C14H12ClFN2OS. The fraction of sp³-hybridized carbons (Fsp3) is 0.0714. The molecule has 0 saturated carbocycles. The lowest BCUT2D eigenvalue weighted by atomic mass is 10.3. The molecule has 0 saturated heterocycles. The molecule has 6 heteroatoms. The molecule has 0 radical (unpaired) electrons. The van der Waals surface area contributed by atoms with Crippen LogP contribution >= 0.6 is 23.4 Å². The van der Waals surface area contributed by atoms with Crippen LogP contribution in [0.5, 0.6) is 0 Å². The topological polar surface area (TPSA) is 55.1 Å². The lowest BCUT2D eigenvalue weighted by Crippen LogP contribution is -2.14. The van der Waals surface area contributed by atoms with Gasteiger partial charge in [0.05, 0.1) is 16.5 Å². The molecule has 0 unspecified atom stereocenters. The SMILES string of the molecule is Nc1ccc(Cl)c(NC(=O)CSc2ccc(F)cc2)c1. The highest BCUT2D eigenvalue weighted by atomic mass is 35.5. The summed E-state index contributed by atoms with van der Waals surface area (Å²) in [5, 5.41) is 3.12. The van der Waals surface area contributed by atoms with Gasteiger partial charge in [-0.3, -0.25) is 4.79 Å². The maximum atomic E-state index is 12.7. The Labute approximate surface area is 125 Å². The molecule has 0 fully saturated rings. The van der Waals surface area contributed by atoms with E-state index in [-0.39, 0.29) is 17.5 Å². The van der Waals surface area contributed by atoms with E-state index in [0.717, 1.165) is 4.90 Å². The lowest BCUT2D eigenvalue weighted by molar-refractivity contribution is -0.113. The van der Waals surface area contributed by atoms with Crippen LogP contribution in [0.25, 0.3) is 0 Å². The lowest BCUT2D eigenvalue weighted by Gasteiger charge is -2.08. The van der Waals surface area contributed by atoms with Crippen molar-refractivity contribution in [3.8, 4) is 0 Å². The molecule has 0 aliphatic rings. The van der Waals surface area contributed by atoms with Crippen LogP contribution in [0, 0.1) is 5.82 Å². The number of amides is 1. The highest BCUT2D eigenvalue weighted by Crippen LogP contribution is 2.25. The number of anilines is 2. The van der Waals surface area contributed by atoms with Crippen LogP contribution in [0.4, 0.5) is 15.8 Å². The number of carbonyl (C=O) groups is 1. The first kappa shape index (κ1) is 14.7. The van der Waals surface area contributed by atoms with Crippen molar-refractivity contribution in [1.82, 2.24) is 0 Å². The van der Waals surface area contributed by atoms with Gasteiger partial charge in [-0.1, -0.05) is 11.6 Å². The molecule has 2 aromatic rings. The van der Waals surface area contributed by atoms with E-state index >= 15 is 0 Å². The number of halogens is 2. The van der Waals surface area contributed by atoms with Crippen LogP contribution in [-0.2, 0) is 4.79 Å². The Morgan fingerprint density at radius 3 is 2.65 bits per heavy atom. The zero-order valence-corrected chi connectivity index (χ0v) is 12.0. The van der Waals surface area contributed by atoms with E-state index < -0.39 is 0 Å². The second-order valence-electron chi connectivity index (χ2n) is 4.03. The zero-order valence-electron chi connectivity index (χ0n) is 10.4. The van der Waals surface area contributed by atoms with Gasteiger partial charge in [0.25, 0.3) is 0 Å². The summed E-state index contributed by atoms with van der Waals surface area (Å²) < 4.78 is 12.7. The third-order valence-corrected chi connectivity index (χ3v) is 3.79. The van der Waals surface area contributed by atoms with E-state index in [1.54, 1.807) is 30.3 Å². The van der Waals surface area contributed by atoms with E-state index in [2.05, 4.69) is 5.32 Å². The monoisotopic (exact) mass is 310 g/mol. The minimum atomic E-state index is -0.301. The Hall–Kier alpha value is -1.72. The fourth-order valence-electron chi connectivity index (χ4n) is 1.50. The first-order valence-corrected chi connectivity index (χ1v) is 7.14. The molecule has 0 aliphatic carbocycles. The second kappa shape index (κ2) is 6.63. The van der Waals surface area contributed by atoms with Crippen molar-refractivity contribution in [2.75, 3.05) is 16.8 Å². The third-order valence-electron chi connectivity index (χ3n) is 2.45. The number of thioether (sulfide) groups is 1. The van der Waals surface area contributed by atoms with Crippen LogP contribution in [0.1, 0.15) is 0 Å². The average Bonchev–Trinajstić information content (AvgIpc) is 2.42. The second-order valence-corrected chi connectivity index (χ2v) is 5.49. The quantitative estimate of drug-likeness (QED) is 0.667. The maximum Gasteiger partial charge on any atom is 0.234 e. The van der Waals surface area contributed by atoms with E-state index in [1.807, 2.05) is 0 Å². The van der Waals surface area contributed by atoms with Crippen LogP contribution in [-0.4, -0.2) is 11.7 Å². The number of nitrogens with two attached hydrogens (primary N) is 1. The predicted molar refractivity (Wildman–Crippen MR) is 81.6 cm³/mol. The Bertz CT molecular complexity index is 619. The molecule has 0 atom stereocenters. The molecule has 20 heavy (non-hydrogen) atoms. The first-order valence-electron chi connectivity index (χ1n) is 5.78. The van der Waals surface area contributed by atoms with Gasteiger partial charge < -0.3 is 11.1 Å². The van der Waals surface area contributed by atoms with Crippen molar-refractivity contribution in [2.24, 2.45) is 0 Å². The minimum absolute atomic E-state index is 0.202. The Balaban J connectivity index is 1.92. The highest BCUT2D eigenvalue weighted by molar-refractivity contribution is 8.00. The van der Waals surface area contributed by atoms with Gasteiger partial charge in [-0.25, -0.2) is 4.39 Å². The van der Waals surface area contributed by atoms with Crippen molar-refractivity contribution >= 4 is 40.6 Å². The average molecular weight is 311 g/mol. The van der Waals surface area contributed by atoms with Crippen LogP contribution in [0.15, 0.2) is 47.4 Å². The number of carbonyl (C=O) groups excluding carboxylic acids is 1. The molecule has 0 spiro atoms. The van der Waals surface area contributed by atoms with Gasteiger partial charge in [-0.05, 0) is 42.5 Å². The molecule has 0 bridgehead atoms. The van der Waals surface area contributed by atoms with Gasteiger partial charge in [0.2, 0.25) is 5.91 Å². The number of hydrogen-bond donors (Lipinski definition) is 2. The molecule has 1 amide bonds. The standard InChI is InChI=1S/C14H12ClFN2OS/c15-12-6-3-10(17)7-13(12)18-14(19)8-20-11-4-1-9(16)2-5-11/h1-7H,8,17H2,(H,18,19). The number of rotatable bonds is 4. The Kier molecular flexibility index (Phi) is 4.87. The molecule has 0 aliphatic heterocycles. The summed E-state index contributed by atoms with van der Waals surface area (Å²) >= 11 is 7.27. The van der Waals surface area contributed by atoms with Gasteiger partial charge in [-0.15, -0.1) is 11.8 Å². The number of benzene rings is 2. The van der Waals surface area contributed by atoms with Gasteiger partial charge >= 0.3 is 0 Å². The van der Waals surface area contributed by atoms with E-state index in [9.17, 15) is 9.18 Å².